The minimum Gasteiger partial charge on any atom is -0.479 e. The normalized spacial score (nSPS) is 24.4. The van der Waals surface area contributed by atoms with Crippen molar-refractivity contribution in [2.75, 3.05) is 7.11 Å². The fraction of sp³-hybridized carbons (Fsp3) is 0.667. The van der Waals surface area contributed by atoms with Crippen molar-refractivity contribution in [3.8, 4) is 5.88 Å². The van der Waals surface area contributed by atoms with Crippen molar-refractivity contribution in [2.24, 2.45) is 5.92 Å². The van der Waals surface area contributed by atoms with Gasteiger partial charge in [-0.3, -0.25) is 4.79 Å². The number of methoxy groups -OCH3 is 1. The van der Waals surface area contributed by atoms with E-state index in [-0.39, 0.29) is 17.7 Å². The van der Waals surface area contributed by atoms with E-state index in [0.717, 1.165) is 6.42 Å². The van der Waals surface area contributed by atoms with Gasteiger partial charge in [0.05, 0.1) is 13.2 Å². The lowest BCUT2D eigenvalue weighted by Crippen LogP contribution is -2.40. The first-order chi connectivity index (χ1) is 8.20. The number of amides is 1. The molecule has 5 nitrogen and oxygen atoms in total. The van der Waals surface area contributed by atoms with Gasteiger partial charge in [0.15, 0.2) is 0 Å². The third kappa shape index (κ3) is 2.78. The van der Waals surface area contributed by atoms with Gasteiger partial charge in [0.1, 0.15) is 0 Å². The molecule has 0 spiro atoms. The van der Waals surface area contributed by atoms with Gasteiger partial charge in [0.25, 0.3) is 11.8 Å². The number of nitrogens with one attached hydrogen (secondary N) is 1. The van der Waals surface area contributed by atoms with Gasteiger partial charge in [-0.25, -0.2) is 0 Å². The van der Waals surface area contributed by atoms with Gasteiger partial charge < -0.3 is 14.6 Å². The average Bonchev–Trinajstić information content (AvgIpc) is 2.81. The molecule has 1 fully saturated rings. The van der Waals surface area contributed by atoms with Crippen LogP contribution in [0.25, 0.3) is 0 Å². The number of hydrogen-bond donors (Lipinski definition) is 1. The molecule has 5 heteroatoms. The van der Waals surface area contributed by atoms with Gasteiger partial charge in [-0.15, -0.1) is 0 Å². The molecule has 0 radical (unpaired) electrons. The first-order valence-electron chi connectivity index (χ1n) is 6.02. The molecule has 0 bridgehead atoms. The lowest BCUT2D eigenvalue weighted by atomic mass is 9.86. The lowest BCUT2D eigenvalue weighted by Gasteiger charge is -2.28. The lowest BCUT2D eigenvalue weighted by molar-refractivity contribution is 0.0872. The highest BCUT2D eigenvalue weighted by Gasteiger charge is 2.24. The van der Waals surface area contributed by atoms with Gasteiger partial charge in [0, 0.05) is 6.04 Å². The summed E-state index contributed by atoms with van der Waals surface area (Å²) >= 11 is 0. The Bertz CT molecular complexity index is 389. The highest BCUT2D eigenvalue weighted by atomic mass is 16.5. The van der Waals surface area contributed by atoms with Crippen LogP contribution in [0, 0.1) is 5.92 Å². The van der Waals surface area contributed by atoms with E-state index in [9.17, 15) is 4.79 Å². The van der Waals surface area contributed by atoms with Gasteiger partial charge in [-0.2, -0.15) is 0 Å². The van der Waals surface area contributed by atoms with Crippen LogP contribution >= 0.6 is 0 Å². The van der Waals surface area contributed by atoms with Crippen LogP contribution in [0.4, 0.5) is 0 Å². The van der Waals surface area contributed by atoms with E-state index >= 15 is 0 Å². The van der Waals surface area contributed by atoms with E-state index in [1.54, 1.807) is 0 Å². The van der Waals surface area contributed by atoms with Gasteiger partial charge in [-0.1, -0.05) is 19.8 Å². The molecule has 94 valence electrons. The van der Waals surface area contributed by atoms with Crippen molar-refractivity contribution in [3.05, 3.63) is 11.8 Å². The van der Waals surface area contributed by atoms with Crippen molar-refractivity contribution >= 4 is 5.91 Å². The number of rotatable bonds is 3. The van der Waals surface area contributed by atoms with Crippen LogP contribution in [0.2, 0.25) is 0 Å². The van der Waals surface area contributed by atoms with Crippen molar-refractivity contribution < 1.29 is 14.1 Å². The summed E-state index contributed by atoms with van der Waals surface area (Å²) in [6.45, 7) is 2.17. The van der Waals surface area contributed by atoms with Crippen LogP contribution in [-0.2, 0) is 0 Å². The molecule has 1 aliphatic rings. The first kappa shape index (κ1) is 12.0. The molecule has 17 heavy (non-hydrogen) atoms. The van der Waals surface area contributed by atoms with Crippen molar-refractivity contribution in [2.45, 2.75) is 38.6 Å². The van der Waals surface area contributed by atoms with Crippen LogP contribution in [0.1, 0.15) is 43.2 Å². The quantitative estimate of drug-likeness (QED) is 0.874. The predicted molar refractivity (Wildman–Crippen MR) is 61.9 cm³/mol. The highest BCUT2D eigenvalue weighted by molar-refractivity contribution is 5.91. The third-order valence-electron chi connectivity index (χ3n) is 3.35. The first-order valence-corrected chi connectivity index (χ1v) is 6.02. The average molecular weight is 238 g/mol. The Kier molecular flexibility index (Phi) is 3.66. The molecule has 1 N–H and O–H groups in total. The van der Waals surface area contributed by atoms with Gasteiger partial charge in [-0.05, 0) is 23.9 Å². The maximum atomic E-state index is 11.9. The van der Waals surface area contributed by atoms with E-state index in [4.69, 9.17) is 9.26 Å². The Morgan fingerprint density at radius 3 is 2.94 bits per heavy atom. The highest BCUT2D eigenvalue weighted by Crippen LogP contribution is 2.24. The Morgan fingerprint density at radius 1 is 1.53 bits per heavy atom. The standard InChI is InChI=1S/C12H18N2O3/c1-8-5-3-4-6-9(8)13-12(15)10-7-11(16-2)14-17-10/h7-9H,3-6H2,1-2H3,(H,13,15). The van der Waals surface area contributed by atoms with E-state index in [0.29, 0.717) is 11.8 Å². The molecule has 1 aliphatic carbocycles. The van der Waals surface area contributed by atoms with Gasteiger partial charge >= 0.3 is 0 Å². The molecule has 1 aromatic heterocycles. The minimum atomic E-state index is -0.209. The summed E-state index contributed by atoms with van der Waals surface area (Å²) in [6.07, 6.45) is 4.64. The number of nitrogens with zero attached hydrogens (tertiary/aromatic N) is 1. The van der Waals surface area contributed by atoms with Crippen LogP contribution in [0.3, 0.4) is 0 Å². The molecule has 2 atom stereocenters. The number of ether oxygens (including phenoxy) is 1. The summed E-state index contributed by atoms with van der Waals surface area (Å²) in [5.41, 5.74) is 0. The van der Waals surface area contributed by atoms with Crippen LogP contribution < -0.4 is 10.1 Å². The molecule has 2 unspecified atom stereocenters. The van der Waals surface area contributed by atoms with Crippen molar-refractivity contribution in [1.29, 1.82) is 0 Å². The van der Waals surface area contributed by atoms with E-state index in [1.165, 1.54) is 32.4 Å². The van der Waals surface area contributed by atoms with E-state index < -0.39 is 0 Å². The molecular formula is C12H18N2O3. The number of hydrogen-bond acceptors (Lipinski definition) is 4. The molecule has 0 saturated heterocycles. The van der Waals surface area contributed by atoms with E-state index in [2.05, 4.69) is 17.4 Å². The Hall–Kier alpha value is -1.52. The summed E-state index contributed by atoms with van der Waals surface area (Å²) < 4.78 is 9.78. The van der Waals surface area contributed by atoms with Gasteiger partial charge in [0.2, 0.25) is 5.76 Å². The molecular weight excluding hydrogens is 220 g/mol. The maximum Gasteiger partial charge on any atom is 0.290 e. The van der Waals surface area contributed by atoms with E-state index in [1.807, 2.05) is 0 Å². The Morgan fingerprint density at radius 2 is 2.29 bits per heavy atom. The zero-order valence-corrected chi connectivity index (χ0v) is 10.2. The number of aromatic nitrogens is 1. The minimum absolute atomic E-state index is 0.208. The van der Waals surface area contributed by atoms with Crippen molar-refractivity contribution in [3.63, 3.8) is 0 Å². The zero-order chi connectivity index (χ0) is 12.3. The Balaban J connectivity index is 1.96. The second-order valence-corrected chi connectivity index (χ2v) is 4.58. The largest absolute Gasteiger partial charge is 0.479 e. The molecule has 1 amide bonds. The summed E-state index contributed by atoms with van der Waals surface area (Å²) in [5, 5.41) is 6.60. The monoisotopic (exact) mass is 238 g/mol. The van der Waals surface area contributed by atoms with Crippen LogP contribution in [0.15, 0.2) is 10.6 Å². The fourth-order valence-electron chi connectivity index (χ4n) is 2.23. The van der Waals surface area contributed by atoms with Crippen molar-refractivity contribution in [1.82, 2.24) is 10.5 Å². The SMILES string of the molecule is COc1cc(C(=O)NC2CCCCC2C)on1. The summed E-state index contributed by atoms with van der Waals surface area (Å²) in [4.78, 5) is 11.9. The summed E-state index contributed by atoms with van der Waals surface area (Å²) in [7, 11) is 1.49. The van der Waals surface area contributed by atoms with Crippen LogP contribution in [0.5, 0.6) is 5.88 Å². The second kappa shape index (κ2) is 5.21. The topological polar surface area (TPSA) is 64.4 Å². The summed E-state index contributed by atoms with van der Waals surface area (Å²) in [5.74, 6) is 0.850. The maximum absolute atomic E-state index is 11.9. The molecule has 1 heterocycles. The molecule has 0 aromatic carbocycles. The third-order valence-corrected chi connectivity index (χ3v) is 3.35. The summed E-state index contributed by atoms with van der Waals surface area (Å²) in [6, 6.07) is 1.75. The molecule has 0 aliphatic heterocycles. The molecule has 2 rings (SSSR count). The Labute approximate surface area is 101 Å². The molecule has 1 aromatic rings. The smallest absolute Gasteiger partial charge is 0.290 e. The van der Waals surface area contributed by atoms with Crippen LogP contribution in [-0.4, -0.2) is 24.2 Å². The second-order valence-electron chi connectivity index (χ2n) is 4.58. The number of carbonyl (C=O) groups is 1. The number of carbonyl (C=O) groups excluding carboxylic acids is 1. The predicted octanol–water partition coefficient (Wildman–Crippen LogP) is 1.99. The fourth-order valence-corrected chi connectivity index (χ4v) is 2.23. The molecule has 1 saturated carbocycles. The zero-order valence-electron chi connectivity index (χ0n) is 10.2.